The Morgan fingerprint density at radius 3 is 2.04 bits per heavy atom. The summed E-state index contributed by atoms with van der Waals surface area (Å²) in [6, 6.07) is -0.618. The van der Waals surface area contributed by atoms with Gasteiger partial charge in [0.2, 0.25) is 0 Å². The molecule has 0 saturated heterocycles. The number of hydrogen-bond acceptors (Lipinski definition) is 4. The van der Waals surface area contributed by atoms with Crippen LogP contribution in [0.2, 0.25) is 0 Å². The smallest absolute Gasteiger partial charge is 0.410 e. The zero-order valence-corrected chi connectivity index (χ0v) is 17.4. The molecule has 1 unspecified atom stereocenters. The molecule has 0 bridgehead atoms. The second-order valence-electron chi connectivity index (χ2n) is 8.35. The Hall–Kier alpha value is -1.26. The first-order valence-electron chi connectivity index (χ1n) is 9.66. The van der Waals surface area contributed by atoms with Crippen molar-refractivity contribution in [3.63, 3.8) is 0 Å². The molecule has 0 aliphatic heterocycles. The molecule has 0 fully saturated rings. The van der Waals surface area contributed by atoms with Crippen LogP contribution in [0.25, 0.3) is 0 Å². The molecular formula is C20H39NO4. The van der Waals surface area contributed by atoms with E-state index in [1.165, 1.54) is 30.6 Å². The third-order valence-electron chi connectivity index (χ3n) is 3.95. The zero-order valence-electron chi connectivity index (χ0n) is 17.4. The first kappa shape index (κ1) is 23.7. The highest BCUT2D eigenvalue weighted by molar-refractivity contribution is 5.81. The van der Waals surface area contributed by atoms with Gasteiger partial charge < -0.3 is 9.47 Å². The van der Waals surface area contributed by atoms with Crippen LogP contribution in [0.15, 0.2) is 0 Å². The third-order valence-corrected chi connectivity index (χ3v) is 3.95. The number of unbranched alkanes of at least 4 members (excludes halogenated alkanes) is 5. The number of carbonyl (C=O) groups excluding carboxylic acids is 2. The summed E-state index contributed by atoms with van der Waals surface area (Å²) in [4.78, 5) is 26.0. The highest BCUT2D eigenvalue weighted by Crippen LogP contribution is 2.17. The van der Waals surface area contributed by atoms with E-state index in [2.05, 4.69) is 6.92 Å². The minimum atomic E-state index is -0.618. The van der Waals surface area contributed by atoms with Crippen molar-refractivity contribution in [1.29, 1.82) is 0 Å². The highest BCUT2D eigenvalue weighted by Gasteiger charge is 2.32. The van der Waals surface area contributed by atoms with Gasteiger partial charge in [-0.05, 0) is 17.8 Å². The van der Waals surface area contributed by atoms with Crippen LogP contribution in [0.4, 0.5) is 4.79 Å². The minimum Gasteiger partial charge on any atom is -0.464 e. The van der Waals surface area contributed by atoms with Crippen molar-refractivity contribution in [2.24, 2.45) is 11.3 Å². The van der Waals surface area contributed by atoms with Gasteiger partial charge in [-0.15, -0.1) is 0 Å². The van der Waals surface area contributed by atoms with Crippen molar-refractivity contribution in [2.75, 3.05) is 20.3 Å². The normalized spacial score (nSPS) is 12.8. The summed E-state index contributed by atoms with van der Waals surface area (Å²) in [5.41, 5.74) is -0.109. The Labute approximate surface area is 154 Å². The largest absolute Gasteiger partial charge is 0.464 e. The second-order valence-corrected chi connectivity index (χ2v) is 8.35. The van der Waals surface area contributed by atoms with E-state index in [0.29, 0.717) is 13.2 Å². The summed E-state index contributed by atoms with van der Waals surface area (Å²) in [6.45, 7) is 12.7. The van der Waals surface area contributed by atoms with Crippen molar-refractivity contribution in [3.8, 4) is 0 Å². The molecular weight excluding hydrogens is 318 g/mol. The molecule has 148 valence electrons. The molecule has 1 amide bonds. The molecule has 0 N–H and O–H groups in total. The van der Waals surface area contributed by atoms with Crippen LogP contribution < -0.4 is 0 Å². The quantitative estimate of drug-likeness (QED) is 0.384. The lowest BCUT2D eigenvalue weighted by molar-refractivity contribution is -0.150. The fourth-order valence-corrected chi connectivity index (χ4v) is 2.51. The molecule has 0 saturated carbocycles. The number of likely N-dealkylation sites (N-methyl/N-ethyl adjacent to an activating group) is 1. The molecule has 0 spiro atoms. The predicted octanol–water partition coefficient (Wildman–Crippen LogP) is 5.03. The SMILES string of the molecule is CCCCCCCCOC(=O)C(C(C)C)N(C)C(=O)OCC(C)(C)C. The number of esters is 1. The van der Waals surface area contributed by atoms with E-state index >= 15 is 0 Å². The lowest BCUT2D eigenvalue weighted by Crippen LogP contribution is -2.47. The van der Waals surface area contributed by atoms with E-state index in [1.807, 2.05) is 34.6 Å². The van der Waals surface area contributed by atoms with Gasteiger partial charge in [0.05, 0.1) is 13.2 Å². The maximum absolute atomic E-state index is 12.4. The molecule has 0 rings (SSSR count). The number of nitrogens with zero attached hydrogens (tertiary/aromatic N) is 1. The van der Waals surface area contributed by atoms with Crippen molar-refractivity contribution in [2.45, 2.75) is 86.1 Å². The minimum absolute atomic E-state index is 0.0377. The summed E-state index contributed by atoms with van der Waals surface area (Å²) in [6.07, 6.45) is 6.37. The van der Waals surface area contributed by atoms with Crippen LogP contribution in [-0.2, 0) is 14.3 Å². The Bertz CT molecular complexity index is 388. The Kier molecular flexibility index (Phi) is 11.5. The predicted molar refractivity (Wildman–Crippen MR) is 102 cm³/mol. The van der Waals surface area contributed by atoms with E-state index in [9.17, 15) is 9.59 Å². The van der Waals surface area contributed by atoms with Crippen molar-refractivity contribution in [3.05, 3.63) is 0 Å². The van der Waals surface area contributed by atoms with Gasteiger partial charge in [-0.1, -0.05) is 73.6 Å². The average Bonchev–Trinajstić information content (AvgIpc) is 2.50. The van der Waals surface area contributed by atoms with Gasteiger partial charge in [-0.25, -0.2) is 9.59 Å². The molecule has 0 aliphatic carbocycles. The zero-order chi connectivity index (χ0) is 19.5. The lowest BCUT2D eigenvalue weighted by atomic mass is 9.99. The average molecular weight is 358 g/mol. The standard InChI is InChI=1S/C20H39NO4/c1-8-9-10-11-12-13-14-24-18(22)17(16(2)3)21(7)19(23)25-15-20(4,5)6/h16-17H,8-15H2,1-7H3. The Morgan fingerprint density at radius 1 is 0.960 bits per heavy atom. The number of rotatable bonds is 11. The molecule has 5 heteroatoms. The fourth-order valence-electron chi connectivity index (χ4n) is 2.51. The first-order chi connectivity index (χ1) is 11.6. The molecule has 1 atom stereocenters. The fraction of sp³-hybridized carbons (Fsp3) is 0.900. The Morgan fingerprint density at radius 2 is 1.52 bits per heavy atom. The van der Waals surface area contributed by atoms with Gasteiger partial charge in [0.1, 0.15) is 6.04 Å². The van der Waals surface area contributed by atoms with Crippen molar-refractivity contribution in [1.82, 2.24) is 4.90 Å². The van der Waals surface area contributed by atoms with E-state index in [-0.39, 0.29) is 17.3 Å². The summed E-state index contributed by atoms with van der Waals surface area (Å²) >= 11 is 0. The van der Waals surface area contributed by atoms with Crippen molar-refractivity contribution >= 4 is 12.1 Å². The molecule has 0 aromatic rings. The van der Waals surface area contributed by atoms with E-state index < -0.39 is 12.1 Å². The molecule has 5 nitrogen and oxygen atoms in total. The van der Waals surface area contributed by atoms with Gasteiger partial charge in [-0.3, -0.25) is 4.90 Å². The molecule has 0 aromatic heterocycles. The van der Waals surface area contributed by atoms with E-state index in [1.54, 1.807) is 7.05 Å². The van der Waals surface area contributed by atoms with Gasteiger partial charge in [0, 0.05) is 7.05 Å². The third kappa shape index (κ3) is 11.1. The summed E-state index contributed by atoms with van der Waals surface area (Å²) in [5, 5.41) is 0. The number of hydrogen-bond donors (Lipinski definition) is 0. The molecule has 0 heterocycles. The van der Waals surface area contributed by atoms with Gasteiger partial charge >= 0.3 is 12.1 Å². The summed E-state index contributed by atoms with van der Waals surface area (Å²) < 4.78 is 10.7. The number of amides is 1. The first-order valence-corrected chi connectivity index (χ1v) is 9.66. The van der Waals surface area contributed by atoms with Gasteiger partial charge in [-0.2, -0.15) is 0 Å². The van der Waals surface area contributed by atoms with Crippen LogP contribution in [0.3, 0.4) is 0 Å². The van der Waals surface area contributed by atoms with Crippen LogP contribution in [-0.4, -0.2) is 43.3 Å². The summed E-state index contributed by atoms with van der Waals surface area (Å²) in [7, 11) is 1.60. The van der Waals surface area contributed by atoms with Crippen molar-refractivity contribution < 1.29 is 19.1 Å². The van der Waals surface area contributed by atoms with Gasteiger partial charge in [0.25, 0.3) is 0 Å². The van der Waals surface area contributed by atoms with Crippen LogP contribution >= 0.6 is 0 Å². The number of ether oxygens (including phenoxy) is 2. The van der Waals surface area contributed by atoms with Crippen LogP contribution in [0, 0.1) is 11.3 Å². The van der Waals surface area contributed by atoms with Crippen LogP contribution in [0.5, 0.6) is 0 Å². The van der Waals surface area contributed by atoms with E-state index in [0.717, 1.165) is 12.8 Å². The maximum atomic E-state index is 12.4. The maximum Gasteiger partial charge on any atom is 0.410 e. The highest BCUT2D eigenvalue weighted by atomic mass is 16.6. The lowest BCUT2D eigenvalue weighted by Gasteiger charge is -2.29. The monoisotopic (exact) mass is 357 g/mol. The topological polar surface area (TPSA) is 55.8 Å². The second kappa shape index (κ2) is 12.2. The van der Waals surface area contributed by atoms with Crippen LogP contribution in [0.1, 0.15) is 80.1 Å². The van der Waals surface area contributed by atoms with E-state index in [4.69, 9.17) is 9.47 Å². The summed E-state index contributed by atoms with van der Waals surface area (Å²) in [5.74, 6) is -0.386. The molecule has 0 radical (unpaired) electrons. The van der Waals surface area contributed by atoms with Gasteiger partial charge in [0.15, 0.2) is 0 Å². The molecule has 0 aromatic carbocycles. The Balaban J connectivity index is 4.37. The number of carbonyl (C=O) groups is 2. The molecule has 0 aliphatic rings. The molecule has 25 heavy (non-hydrogen) atoms.